The molecule has 0 aliphatic carbocycles. The number of para-hydroxylation sites is 1. The second-order valence-corrected chi connectivity index (χ2v) is 4.82. The predicted octanol–water partition coefficient (Wildman–Crippen LogP) is 1.16. The highest BCUT2D eigenvalue weighted by Crippen LogP contribution is 2.18. The molecule has 1 aromatic carbocycles. The lowest BCUT2D eigenvalue weighted by atomic mass is 10.2. The first-order valence-electron chi connectivity index (χ1n) is 7.18. The van der Waals surface area contributed by atoms with Crippen LogP contribution >= 0.6 is 0 Å². The van der Waals surface area contributed by atoms with Gasteiger partial charge in [-0.05, 0) is 12.1 Å². The Kier molecular flexibility index (Phi) is 6.24. The molecule has 2 rings (SSSR count). The topological polar surface area (TPSA) is 50.8 Å². The molecule has 1 amide bonds. The smallest absolute Gasteiger partial charge is 0.244 e. The van der Waals surface area contributed by atoms with Crippen molar-refractivity contribution in [1.82, 2.24) is 10.2 Å². The first-order chi connectivity index (χ1) is 10.3. The zero-order valence-electron chi connectivity index (χ0n) is 12.4. The molecule has 1 fully saturated rings. The second-order valence-electron chi connectivity index (χ2n) is 4.82. The molecule has 5 heteroatoms. The van der Waals surface area contributed by atoms with Gasteiger partial charge >= 0.3 is 0 Å². The largest absolute Gasteiger partial charge is 0.496 e. The maximum absolute atomic E-state index is 11.8. The third-order valence-corrected chi connectivity index (χ3v) is 3.38. The van der Waals surface area contributed by atoms with Gasteiger partial charge in [0.15, 0.2) is 0 Å². The van der Waals surface area contributed by atoms with E-state index in [-0.39, 0.29) is 5.91 Å². The van der Waals surface area contributed by atoms with E-state index in [9.17, 15) is 4.79 Å². The lowest BCUT2D eigenvalue weighted by molar-refractivity contribution is -0.116. The Morgan fingerprint density at radius 3 is 2.90 bits per heavy atom. The van der Waals surface area contributed by atoms with Gasteiger partial charge in [0.25, 0.3) is 0 Å². The minimum absolute atomic E-state index is 0.0887. The fourth-order valence-corrected chi connectivity index (χ4v) is 2.19. The van der Waals surface area contributed by atoms with Crippen LogP contribution in [0.4, 0.5) is 0 Å². The van der Waals surface area contributed by atoms with Crippen molar-refractivity contribution in [3.63, 3.8) is 0 Å². The predicted molar refractivity (Wildman–Crippen MR) is 82.3 cm³/mol. The summed E-state index contributed by atoms with van der Waals surface area (Å²) in [5, 5.41) is 2.89. The quantitative estimate of drug-likeness (QED) is 0.799. The summed E-state index contributed by atoms with van der Waals surface area (Å²) in [5.74, 6) is 0.670. The number of carbonyl (C=O) groups excluding carboxylic acids is 1. The first-order valence-corrected chi connectivity index (χ1v) is 7.18. The van der Waals surface area contributed by atoms with Crippen LogP contribution in [0.5, 0.6) is 5.75 Å². The number of carbonyl (C=O) groups is 1. The highest BCUT2D eigenvalue weighted by atomic mass is 16.5. The normalized spacial score (nSPS) is 16.0. The molecule has 0 bridgehead atoms. The van der Waals surface area contributed by atoms with E-state index in [4.69, 9.17) is 9.47 Å². The molecule has 1 heterocycles. The maximum Gasteiger partial charge on any atom is 0.244 e. The first kappa shape index (κ1) is 15.5. The van der Waals surface area contributed by atoms with Gasteiger partial charge in [-0.25, -0.2) is 0 Å². The zero-order valence-corrected chi connectivity index (χ0v) is 12.4. The molecule has 0 spiro atoms. The van der Waals surface area contributed by atoms with Crippen molar-refractivity contribution >= 4 is 12.0 Å². The molecule has 0 unspecified atom stereocenters. The number of hydrogen-bond donors (Lipinski definition) is 1. The van der Waals surface area contributed by atoms with Gasteiger partial charge in [0.1, 0.15) is 5.75 Å². The zero-order chi connectivity index (χ0) is 14.9. The second kappa shape index (κ2) is 8.44. The number of nitrogens with one attached hydrogen (secondary N) is 1. The van der Waals surface area contributed by atoms with Gasteiger partial charge in [0.05, 0.1) is 20.3 Å². The Balaban J connectivity index is 1.74. The summed E-state index contributed by atoms with van der Waals surface area (Å²) in [4.78, 5) is 14.1. The van der Waals surface area contributed by atoms with E-state index in [2.05, 4.69) is 10.2 Å². The van der Waals surface area contributed by atoms with Gasteiger partial charge in [-0.3, -0.25) is 9.69 Å². The summed E-state index contributed by atoms with van der Waals surface area (Å²) in [6.07, 6.45) is 3.31. The van der Waals surface area contributed by atoms with Crippen LogP contribution in [0.3, 0.4) is 0 Å². The van der Waals surface area contributed by atoms with Gasteiger partial charge in [-0.1, -0.05) is 18.2 Å². The van der Waals surface area contributed by atoms with Crippen LogP contribution in [0.25, 0.3) is 6.08 Å². The van der Waals surface area contributed by atoms with E-state index in [0.717, 1.165) is 44.2 Å². The summed E-state index contributed by atoms with van der Waals surface area (Å²) < 4.78 is 10.5. The molecule has 1 aliphatic heterocycles. The summed E-state index contributed by atoms with van der Waals surface area (Å²) in [5.41, 5.74) is 0.892. The van der Waals surface area contributed by atoms with Crippen molar-refractivity contribution in [3.05, 3.63) is 35.9 Å². The number of ether oxygens (including phenoxy) is 2. The third kappa shape index (κ3) is 5.21. The molecule has 5 nitrogen and oxygen atoms in total. The van der Waals surface area contributed by atoms with Gasteiger partial charge < -0.3 is 14.8 Å². The van der Waals surface area contributed by atoms with Crippen molar-refractivity contribution in [1.29, 1.82) is 0 Å². The fourth-order valence-electron chi connectivity index (χ4n) is 2.19. The lowest BCUT2D eigenvalue weighted by Crippen LogP contribution is -2.41. The average Bonchev–Trinajstić information content (AvgIpc) is 2.54. The Labute approximate surface area is 125 Å². The minimum Gasteiger partial charge on any atom is -0.496 e. The summed E-state index contributed by atoms with van der Waals surface area (Å²) >= 11 is 0. The summed E-state index contributed by atoms with van der Waals surface area (Å²) in [7, 11) is 1.62. The standard InChI is InChI=1S/C16H22N2O3/c1-20-15-5-3-2-4-14(15)6-7-16(19)17-8-9-18-10-12-21-13-11-18/h2-7H,8-13H2,1H3,(H,17,19)/b7-6+. The van der Waals surface area contributed by atoms with Gasteiger partial charge in [-0.2, -0.15) is 0 Å². The van der Waals surface area contributed by atoms with Crippen LogP contribution in [-0.4, -0.2) is 57.3 Å². The Morgan fingerprint density at radius 1 is 1.38 bits per heavy atom. The number of benzene rings is 1. The molecule has 114 valence electrons. The highest BCUT2D eigenvalue weighted by molar-refractivity contribution is 5.92. The molecular weight excluding hydrogens is 268 g/mol. The molecule has 1 aliphatic rings. The Morgan fingerprint density at radius 2 is 2.14 bits per heavy atom. The minimum atomic E-state index is -0.0887. The molecular formula is C16H22N2O3. The molecule has 1 aromatic rings. The van der Waals surface area contributed by atoms with Crippen molar-refractivity contribution < 1.29 is 14.3 Å². The van der Waals surface area contributed by atoms with Crippen molar-refractivity contribution in [3.8, 4) is 5.75 Å². The van der Waals surface area contributed by atoms with E-state index >= 15 is 0 Å². The van der Waals surface area contributed by atoms with E-state index < -0.39 is 0 Å². The summed E-state index contributed by atoms with van der Waals surface area (Å²) in [6, 6.07) is 7.60. The average molecular weight is 290 g/mol. The van der Waals surface area contributed by atoms with E-state index in [1.807, 2.05) is 24.3 Å². The van der Waals surface area contributed by atoms with E-state index in [1.165, 1.54) is 6.08 Å². The van der Waals surface area contributed by atoms with Crippen molar-refractivity contribution in [2.75, 3.05) is 46.5 Å². The molecule has 0 aromatic heterocycles. The molecule has 0 atom stereocenters. The van der Waals surface area contributed by atoms with Crippen LogP contribution in [0.15, 0.2) is 30.3 Å². The third-order valence-electron chi connectivity index (χ3n) is 3.38. The van der Waals surface area contributed by atoms with Crippen molar-refractivity contribution in [2.45, 2.75) is 0 Å². The van der Waals surface area contributed by atoms with Crippen LogP contribution in [0, 0.1) is 0 Å². The van der Waals surface area contributed by atoms with Crippen molar-refractivity contribution in [2.24, 2.45) is 0 Å². The monoisotopic (exact) mass is 290 g/mol. The molecule has 1 saturated heterocycles. The van der Waals surface area contributed by atoms with E-state index in [1.54, 1.807) is 13.2 Å². The fraction of sp³-hybridized carbons (Fsp3) is 0.438. The van der Waals surface area contributed by atoms with Gasteiger partial charge in [0, 0.05) is 37.8 Å². The number of methoxy groups -OCH3 is 1. The lowest BCUT2D eigenvalue weighted by Gasteiger charge is -2.26. The number of nitrogens with zero attached hydrogens (tertiary/aromatic N) is 1. The van der Waals surface area contributed by atoms with Crippen LogP contribution in [-0.2, 0) is 9.53 Å². The SMILES string of the molecule is COc1ccccc1/C=C/C(=O)NCCN1CCOCC1. The van der Waals surface area contributed by atoms with Crippen LogP contribution in [0.2, 0.25) is 0 Å². The molecule has 0 radical (unpaired) electrons. The maximum atomic E-state index is 11.8. The Hall–Kier alpha value is -1.85. The van der Waals surface area contributed by atoms with Gasteiger partial charge in [0.2, 0.25) is 5.91 Å². The van der Waals surface area contributed by atoms with Crippen LogP contribution in [0.1, 0.15) is 5.56 Å². The van der Waals surface area contributed by atoms with Crippen LogP contribution < -0.4 is 10.1 Å². The van der Waals surface area contributed by atoms with Gasteiger partial charge in [-0.15, -0.1) is 0 Å². The molecule has 0 saturated carbocycles. The Bertz CT molecular complexity index is 482. The van der Waals surface area contributed by atoms with E-state index in [0.29, 0.717) is 6.54 Å². The highest BCUT2D eigenvalue weighted by Gasteiger charge is 2.09. The summed E-state index contributed by atoms with van der Waals surface area (Å²) in [6.45, 7) is 4.94. The number of morpholine rings is 1. The number of amides is 1. The number of rotatable bonds is 6. The number of hydrogen-bond acceptors (Lipinski definition) is 4. The molecule has 1 N–H and O–H groups in total. The molecule has 21 heavy (non-hydrogen) atoms.